The molecule has 0 atom stereocenters. The smallest absolute Gasteiger partial charge is 0.163 e. The van der Waals surface area contributed by atoms with E-state index in [9.17, 15) is 4.79 Å². The Morgan fingerprint density at radius 3 is 2.67 bits per heavy atom. The molecule has 0 unspecified atom stereocenters. The van der Waals surface area contributed by atoms with Crippen molar-refractivity contribution in [3.8, 4) is 0 Å². The molecule has 0 N–H and O–H groups in total. The lowest BCUT2D eigenvalue weighted by Crippen LogP contribution is -2.09. The Kier molecular flexibility index (Phi) is 4.82. The highest BCUT2D eigenvalue weighted by atomic mass is 35.5. The molecule has 1 aliphatic carbocycles. The zero-order valence-electron chi connectivity index (χ0n) is 11.0. The minimum atomic E-state index is 0.273. The first kappa shape index (κ1) is 13.6. The third-order valence-electron chi connectivity index (χ3n) is 3.99. The van der Waals surface area contributed by atoms with Gasteiger partial charge in [0.1, 0.15) is 0 Å². The zero-order valence-corrected chi connectivity index (χ0v) is 11.8. The van der Waals surface area contributed by atoms with Gasteiger partial charge in [0, 0.05) is 17.0 Å². The largest absolute Gasteiger partial charge is 0.294 e. The number of aryl methyl sites for hydroxylation is 1. The molecule has 0 aromatic heterocycles. The van der Waals surface area contributed by atoms with Crippen molar-refractivity contribution in [2.45, 2.75) is 51.9 Å². The van der Waals surface area contributed by atoms with Gasteiger partial charge in [-0.1, -0.05) is 43.7 Å². The number of hydrogen-bond acceptors (Lipinski definition) is 1. The van der Waals surface area contributed by atoms with Crippen molar-refractivity contribution < 1.29 is 4.79 Å². The summed E-state index contributed by atoms with van der Waals surface area (Å²) in [7, 11) is 0. The average Bonchev–Trinajstić information content (AvgIpc) is 2.37. The summed E-state index contributed by atoms with van der Waals surface area (Å²) in [6.45, 7) is 1.96. The van der Waals surface area contributed by atoms with Crippen LogP contribution in [0.25, 0.3) is 0 Å². The zero-order chi connectivity index (χ0) is 13.0. The van der Waals surface area contributed by atoms with E-state index in [1.165, 1.54) is 32.1 Å². The molecule has 0 saturated heterocycles. The van der Waals surface area contributed by atoms with Crippen molar-refractivity contribution in [2.75, 3.05) is 0 Å². The lowest BCUT2D eigenvalue weighted by molar-refractivity contribution is 0.0969. The minimum absolute atomic E-state index is 0.273. The summed E-state index contributed by atoms with van der Waals surface area (Å²) in [5, 5.41) is 0.705. The number of carbonyl (C=O) groups is 1. The van der Waals surface area contributed by atoms with Crippen LogP contribution >= 0.6 is 11.6 Å². The number of ketones is 1. The van der Waals surface area contributed by atoms with E-state index in [1.807, 2.05) is 25.1 Å². The van der Waals surface area contributed by atoms with E-state index in [2.05, 4.69) is 0 Å². The van der Waals surface area contributed by atoms with Gasteiger partial charge in [-0.2, -0.15) is 0 Å². The summed E-state index contributed by atoms with van der Waals surface area (Å²) in [5.74, 6) is 1.05. The Balaban J connectivity index is 1.90. The standard InChI is InChI=1S/C16H21ClO/c1-12-11-14(17)8-9-15(12)16(18)10-7-13-5-3-2-4-6-13/h8-9,11,13H,2-7,10H2,1H3. The number of rotatable bonds is 4. The van der Waals surface area contributed by atoms with Crippen LogP contribution in [0.2, 0.25) is 5.02 Å². The quantitative estimate of drug-likeness (QED) is 0.684. The van der Waals surface area contributed by atoms with Gasteiger partial charge in [-0.25, -0.2) is 0 Å². The van der Waals surface area contributed by atoms with Crippen molar-refractivity contribution >= 4 is 17.4 Å². The molecule has 0 heterocycles. The van der Waals surface area contributed by atoms with Gasteiger partial charge in [0.25, 0.3) is 0 Å². The molecule has 0 aliphatic heterocycles. The number of hydrogen-bond donors (Lipinski definition) is 0. The molecule has 2 heteroatoms. The van der Waals surface area contributed by atoms with E-state index in [1.54, 1.807) is 0 Å². The number of benzene rings is 1. The van der Waals surface area contributed by atoms with E-state index >= 15 is 0 Å². The summed E-state index contributed by atoms with van der Waals surface area (Å²) in [6, 6.07) is 5.54. The molecule has 0 radical (unpaired) electrons. The molecule has 1 aromatic rings. The van der Waals surface area contributed by atoms with Gasteiger partial charge >= 0.3 is 0 Å². The normalized spacial score (nSPS) is 16.8. The highest BCUT2D eigenvalue weighted by molar-refractivity contribution is 6.30. The van der Waals surface area contributed by atoms with Crippen molar-refractivity contribution in [3.63, 3.8) is 0 Å². The van der Waals surface area contributed by atoms with Gasteiger partial charge in [0.05, 0.1) is 0 Å². The van der Waals surface area contributed by atoms with Gasteiger partial charge in [-0.05, 0) is 43.0 Å². The van der Waals surface area contributed by atoms with Gasteiger partial charge in [-0.3, -0.25) is 4.79 Å². The molecule has 1 fully saturated rings. The maximum atomic E-state index is 12.2. The van der Waals surface area contributed by atoms with Crippen LogP contribution in [0.4, 0.5) is 0 Å². The number of halogens is 1. The Bertz CT molecular complexity index is 419. The Hall–Kier alpha value is -0.820. The van der Waals surface area contributed by atoms with E-state index < -0.39 is 0 Å². The highest BCUT2D eigenvalue weighted by Crippen LogP contribution is 2.28. The van der Waals surface area contributed by atoms with E-state index in [4.69, 9.17) is 11.6 Å². The van der Waals surface area contributed by atoms with Crippen LogP contribution in [0.15, 0.2) is 18.2 Å². The minimum Gasteiger partial charge on any atom is -0.294 e. The second kappa shape index (κ2) is 6.38. The van der Waals surface area contributed by atoms with Crippen molar-refractivity contribution in [1.29, 1.82) is 0 Å². The molecule has 98 valence electrons. The third kappa shape index (κ3) is 3.58. The SMILES string of the molecule is Cc1cc(Cl)ccc1C(=O)CCC1CCCCC1. The summed E-state index contributed by atoms with van der Waals surface area (Å²) in [4.78, 5) is 12.2. The Labute approximate surface area is 115 Å². The van der Waals surface area contributed by atoms with Crippen LogP contribution in [0.5, 0.6) is 0 Å². The Morgan fingerprint density at radius 2 is 2.00 bits per heavy atom. The third-order valence-corrected chi connectivity index (χ3v) is 4.23. The maximum absolute atomic E-state index is 12.2. The van der Waals surface area contributed by atoms with Crippen LogP contribution < -0.4 is 0 Å². The van der Waals surface area contributed by atoms with Crippen molar-refractivity contribution in [3.05, 3.63) is 34.3 Å². The second-order valence-corrected chi connectivity index (χ2v) is 5.86. The first-order valence-electron chi connectivity index (χ1n) is 6.96. The molecule has 2 rings (SSSR count). The van der Waals surface area contributed by atoms with Crippen LogP contribution in [0.3, 0.4) is 0 Å². The highest BCUT2D eigenvalue weighted by Gasteiger charge is 2.16. The van der Waals surface area contributed by atoms with Crippen LogP contribution in [0.1, 0.15) is 60.9 Å². The van der Waals surface area contributed by atoms with Crippen molar-refractivity contribution in [1.82, 2.24) is 0 Å². The monoisotopic (exact) mass is 264 g/mol. The molecule has 0 spiro atoms. The Morgan fingerprint density at radius 1 is 1.28 bits per heavy atom. The summed E-state index contributed by atoms with van der Waals surface area (Å²) < 4.78 is 0. The number of carbonyl (C=O) groups excluding carboxylic acids is 1. The van der Waals surface area contributed by atoms with E-state index in [-0.39, 0.29) is 5.78 Å². The maximum Gasteiger partial charge on any atom is 0.163 e. The molecular formula is C16H21ClO. The molecule has 0 bridgehead atoms. The molecule has 1 nitrogen and oxygen atoms in total. The van der Waals surface area contributed by atoms with Gasteiger partial charge < -0.3 is 0 Å². The summed E-state index contributed by atoms with van der Waals surface area (Å²) >= 11 is 5.91. The molecule has 1 aromatic carbocycles. The first-order valence-corrected chi connectivity index (χ1v) is 7.34. The predicted molar refractivity (Wildman–Crippen MR) is 76.3 cm³/mol. The van der Waals surface area contributed by atoms with E-state index in [0.29, 0.717) is 11.4 Å². The van der Waals surface area contributed by atoms with Gasteiger partial charge in [0.2, 0.25) is 0 Å². The molecule has 1 saturated carbocycles. The molecule has 1 aliphatic rings. The average molecular weight is 265 g/mol. The molecular weight excluding hydrogens is 244 g/mol. The second-order valence-electron chi connectivity index (χ2n) is 5.43. The fraction of sp³-hybridized carbons (Fsp3) is 0.562. The van der Waals surface area contributed by atoms with Crippen molar-refractivity contribution in [2.24, 2.45) is 5.92 Å². The fourth-order valence-electron chi connectivity index (χ4n) is 2.89. The van der Waals surface area contributed by atoms with Crippen LogP contribution in [-0.4, -0.2) is 5.78 Å². The lowest BCUT2D eigenvalue weighted by Gasteiger charge is -2.21. The fourth-order valence-corrected chi connectivity index (χ4v) is 3.11. The topological polar surface area (TPSA) is 17.1 Å². The van der Waals surface area contributed by atoms with Crippen LogP contribution in [-0.2, 0) is 0 Å². The molecule has 0 amide bonds. The lowest BCUT2D eigenvalue weighted by atomic mass is 9.85. The van der Waals surface area contributed by atoms with Crippen LogP contribution in [0, 0.1) is 12.8 Å². The number of Topliss-reactive ketones (excluding diaryl/α,β-unsaturated/α-hetero) is 1. The predicted octanol–water partition coefficient (Wildman–Crippen LogP) is 5.19. The van der Waals surface area contributed by atoms with Gasteiger partial charge in [-0.15, -0.1) is 0 Å². The first-order chi connectivity index (χ1) is 8.66. The summed E-state index contributed by atoms with van der Waals surface area (Å²) in [6.07, 6.45) is 8.44. The van der Waals surface area contributed by atoms with Gasteiger partial charge in [0.15, 0.2) is 5.78 Å². The molecule has 18 heavy (non-hydrogen) atoms. The van der Waals surface area contributed by atoms with E-state index in [0.717, 1.165) is 23.5 Å². The summed E-state index contributed by atoms with van der Waals surface area (Å²) in [5.41, 5.74) is 1.84.